The molecular weight excluding hydrogens is 322 g/mol. The maximum atomic E-state index is 11.9. The second kappa shape index (κ2) is 5.41. The van der Waals surface area contributed by atoms with Gasteiger partial charge >= 0.3 is 0 Å². The molecule has 0 fully saturated rings. The van der Waals surface area contributed by atoms with E-state index in [1.807, 2.05) is 0 Å². The van der Waals surface area contributed by atoms with Crippen molar-refractivity contribution in [1.29, 1.82) is 0 Å². The zero-order chi connectivity index (χ0) is 14.8. The minimum absolute atomic E-state index is 0.385. The molecule has 0 aliphatic rings. The Hall–Kier alpha value is -1.23. The van der Waals surface area contributed by atoms with Crippen LogP contribution < -0.4 is 0 Å². The SMILES string of the molecule is O=[N+]([O-])c1cccc(Cl)c1S(=O)(=O)CCS(=O)(=O)O. The average molecular weight is 330 g/mol. The number of nitrogens with zero attached hydrogens (tertiary/aromatic N) is 1. The van der Waals surface area contributed by atoms with Gasteiger partial charge in [-0.15, -0.1) is 0 Å². The van der Waals surface area contributed by atoms with Crippen LogP contribution in [0.2, 0.25) is 5.02 Å². The molecule has 1 rings (SSSR count). The highest BCUT2D eigenvalue weighted by Crippen LogP contribution is 2.31. The van der Waals surface area contributed by atoms with Gasteiger partial charge in [0, 0.05) is 6.07 Å². The molecule has 0 saturated heterocycles. The van der Waals surface area contributed by atoms with Crippen LogP contribution in [0.15, 0.2) is 23.1 Å². The quantitative estimate of drug-likeness (QED) is 0.482. The Morgan fingerprint density at radius 2 is 1.79 bits per heavy atom. The molecule has 8 nitrogen and oxygen atoms in total. The first-order chi connectivity index (χ1) is 8.54. The first kappa shape index (κ1) is 15.8. The number of rotatable bonds is 5. The fraction of sp³-hybridized carbons (Fsp3) is 0.250. The van der Waals surface area contributed by atoms with Gasteiger partial charge in [0.2, 0.25) is 0 Å². The zero-order valence-electron chi connectivity index (χ0n) is 9.18. The lowest BCUT2D eigenvalue weighted by atomic mass is 10.3. The first-order valence-corrected chi connectivity index (χ1v) is 8.29. The maximum Gasteiger partial charge on any atom is 0.289 e. The summed E-state index contributed by atoms with van der Waals surface area (Å²) < 4.78 is 53.3. The van der Waals surface area contributed by atoms with Crippen LogP contribution in [-0.4, -0.2) is 37.8 Å². The Morgan fingerprint density at radius 3 is 2.26 bits per heavy atom. The monoisotopic (exact) mass is 329 g/mol. The van der Waals surface area contributed by atoms with Gasteiger partial charge in [0.05, 0.1) is 21.5 Å². The van der Waals surface area contributed by atoms with E-state index in [1.54, 1.807) is 0 Å². The van der Waals surface area contributed by atoms with Gasteiger partial charge < -0.3 is 0 Å². The topological polar surface area (TPSA) is 132 Å². The molecule has 1 N–H and O–H groups in total. The van der Waals surface area contributed by atoms with Crippen LogP contribution in [0.3, 0.4) is 0 Å². The zero-order valence-corrected chi connectivity index (χ0v) is 11.6. The summed E-state index contributed by atoms with van der Waals surface area (Å²) in [6.07, 6.45) is 0. The Bertz CT molecular complexity index is 711. The molecule has 19 heavy (non-hydrogen) atoms. The molecule has 0 bridgehead atoms. The van der Waals surface area contributed by atoms with Crippen molar-refractivity contribution in [2.45, 2.75) is 4.90 Å². The van der Waals surface area contributed by atoms with Gasteiger partial charge in [-0.05, 0) is 6.07 Å². The fourth-order valence-corrected chi connectivity index (χ4v) is 4.54. The summed E-state index contributed by atoms with van der Waals surface area (Å²) in [7, 11) is -8.82. The van der Waals surface area contributed by atoms with E-state index in [1.165, 1.54) is 6.07 Å². The van der Waals surface area contributed by atoms with Crippen molar-refractivity contribution in [3.63, 3.8) is 0 Å². The van der Waals surface area contributed by atoms with Crippen LogP contribution in [0, 0.1) is 10.1 Å². The van der Waals surface area contributed by atoms with Gasteiger partial charge in [0.15, 0.2) is 14.7 Å². The number of hydrogen-bond donors (Lipinski definition) is 1. The minimum atomic E-state index is -4.50. The second-order valence-electron chi connectivity index (χ2n) is 3.45. The lowest BCUT2D eigenvalue weighted by Crippen LogP contribution is -2.18. The predicted octanol–water partition coefficient (Wildman–Crippen LogP) is 0.910. The molecule has 0 aromatic heterocycles. The molecule has 1 aromatic carbocycles. The molecule has 106 valence electrons. The van der Waals surface area contributed by atoms with Crippen LogP contribution >= 0.6 is 11.6 Å². The summed E-state index contributed by atoms with van der Waals surface area (Å²) >= 11 is 5.61. The number of halogens is 1. The number of sulfone groups is 1. The van der Waals surface area contributed by atoms with Crippen LogP contribution in [-0.2, 0) is 20.0 Å². The highest BCUT2D eigenvalue weighted by atomic mass is 35.5. The molecule has 0 amide bonds. The van der Waals surface area contributed by atoms with Gasteiger partial charge in [-0.3, -0.25) is 14.7 Å². The molecule has 11 heteroatoms. The van der Waals surface area contributed by atoms with Crippen molar-refractivity contribution >= 4 is 37.2 Å². The number of benzene rings is 1. The average Bonchev–Trinajstić information content (AvgIpc) is 2.25. The third-order valence-corrected chi connectivity index (χ3v) is 5.26. The Balaban J connectivity index is 3.33. The third kappa shape index (κ3) is 4.13. The van der Waals surface area contributed by atoms with Crippen molar-refractivity contribution in [2.75, 3.05) is 11.5 Å². The standard InChI is InChI=1S/C8H8ClNO7S2/c9-6-2-1-3-7(10(11)12)8(6)18(13,14)4-5-19(15,16)17/h1-3H,4-5H2,(H,15,16,17). The van der Waals surface area contributed by atoms with Crippen LogP contribution in [0.25, 0.3) is 0 Å². The van der Waals surface area contributed by atoms with E-state index in [-0.39, 0.29) is 5.02 Å². The smallest absolute Gasteiger partial charge is 0.286 e. The molecule has 0 atom stereocenters. The predicted molar refractivity (Wildman–Crippen MR) is 66.6 cm³/mol. The summed E-state index contributed by atoms with van der Waals surface area (Å²) in [4.78, 5) is 9.04. The van der Waals surface area contributed by atoms with Gasteiger partial charge in [-0.2, -0.15) is 8.42 Å². The van der Waals surface area contributed by atoms with Gasteiger partial charge in [0.1, 0.15) is 0 Å². The Morgan fingerprint density at radius 1 is 1.21 bits per heavy atom. The summed E-state index contributed by atoms with van der Waals surface area (Å²) in [5, 5.41) is 10.4. The second-order valence-corrected chi connectivity index (χ2v) is 7.48. The largest absolute Gasteiger partial charge is 0.289 e. The highest BCUT2D eigenvalue weighted by molar-refractivity contribution is 7.93. The van der Waals surface area contributed by atoms with Crippen LogP contribution in [0.1, 0.15) is 0 Å². The molecule has 0 aliphatic heterocycles. The number of nitro groups is 1. The maximum absolute atomic E-state index is 11.9. The molecular formula is C8H8ClNO7S2. The van der Waals surface area contributed by atoms with E-state index < -0.39 is 47.0 Å². The lowest BCUT2D eigenvalue weighted by Gasteiger charge is -2.06. The van der Waals surface area contributed by atoms with Gasteiger partial charge in [-0.25, -0.2) is 8.42 Å². The van der Waals surface area contributed by atoms with Crippen LogP contribution in [0.4, 0.5) is 5.69 Å². The minimum Gasteiger partial charge on any atom is -0.286 e. The third-order valence-electron chi connectivity index (χ3n) is 2.06. The Labute approximate surface area is 113 Å². The number of hydrogen-bond acceptors (Lipinski definition) is 6. The number of nitro benzene ring substituents is 1. The van der Waals surface area contributed by atoms with Gasteiger partial charge in [0.25, 0.3) is 15.8 Å². The van der Waals surface area contributed by atoms with E-state index in [2.05, 4.69) is 0 Å². The normalized spacial score (nSPS) is 12.3. The Kier molecular flexibility index (Phi) is 4.50. The van der Waals surface area contributed by atoms with Crippen molar-refractivity contribution in [3.05, 3.63) is 33.3 Å². The molecule has 1 aromatic rings. The fourth-order valence-electron chi connectivity index (χ4n) is 1.27. The van der Waals surface area contributed by atoms with Crippen LogP contribution in [0.5, 0.6) is 0 Å². The van der Waals surface area contributed by atoms with Gasteiger partial charge in [-0.1, -0.05) is 17.7 Å². The molecule has 0 aliphatic carbocycles. The van der Waals surface area contributed by atoms with Crippen molar-refractivity contribution < 1.29 is 26.3 Å². The van der Waals surface area contributed by atoms with E-state index >= 15 is 0 Å². The van der Waals surface area contributed by atoms with Crippen molar-refractivity contribution in [1.82, 2.24) is 0 Å². The molecule has 0 spiro atoms. The first-order valence-electron chi connectivity index (χ1n) is 4.65. The summed E-state index contributed by atoms with van der Waals surface area (Å²) in [5.41, 5.74) is -0.747. The summed E-state index contributed by atoms with van der Waals surface area (Å²) in [5.74, 6) is -2.08. The van der Waals surface area contributed by atoms with Crippen molar-refractivity contribution in [2.24, 2.45) is 0 Å². The molecule has 0 unspecified atom stereocenters. The van der Waals surface area contributed by atoms with E-state index in [0.717, 1.165) is 12.1 Å². The molecule has 0 saturated carbocycles. The highest BCUT2D eigenvalue weighted by Gasteiger charge is 2.29. The van der Waals surface area contributed by atoms with Crippen molar-refractivity contribution in [3.8, 4) is 0 Å². The van der Waals surface area contributed by atoms with E-state index in [0.29, 0.717) is 0 Å². The summed E-state index contributed by atoms with van der Waals surface area (Å²) in [6, 6.07) is 3.27. The molecule has 0 radical (unpaired) electrons. The lowest BCUT2D eigenvalue weighted by molar-refractivity contribution is -0.387. The van der Waals surface area contributed by atoms with E-state index in [9.17, 15) is 26.9 Å². The summed E-state index contributed by atoms with van der Waals surface area (Å²) in [6.45, 7) is 0. The van der Waals surface area contributed by atoms with E-state index in [4.69, 9.17) is 16.2 Å². The molecule has 0 heterocycles.